The average molecular weight is 527 g/mol. The van der Waals surface area contributed by atoms with E-state index in [4.69, 9.17) is 4.98 Å². The molecule has 0 fully saturated rings. The van der Waals surface area contributed by atoms with Gasteiger partial charge in [-0.05, 0) is 66.4 Å². The lowest BCUT2D eigenvalue weighted by Gasteiger charge is -2.07. The molecule has 0 saturated heterocycles. The van der Waals surface area contributed by atoms with E-state index in [1.54, 1.807) is 24.8 Å². The van der Waals surface area contributed by atoms with Crippen molar-refractivity contribution in [1.82, 2.24) is 30.1 Å². The number of nitrogens with zero attached hydrogens (tertiary/aromatic N) is 4. The Labute approximate surface area is 217 Å². The number of sulfone groups is 1. The highest BCUT2D eigenvalue weighted by Gasteiger charge is 2.17. The van der Waals surface area contributed by atoms with Gasteiger partial charge in [0.25, 0.3) is 0 Å². The smallest absolute Gasteiger partial charge is 0.147 e. The van der Waals surface area contributed by atoms with Gasteiger partial charge in [-0.25, -0.2) is 17.8 Å². The minimum atomic E-state index is -3.17. The number of H-pyrrole nitrogens is 2. The van der Waals surface area contributed by atoms with E-state index in [0.717, 1.165) is 44.5 Å². The number of rotatable bonds is 6. The molecule has 0 saturated carbocycles. The highest BCUT2D eigenvalue weighted by atomic mass is 32.2. The molecule has 0 aliphatic carbocycles. The number of fused-ring (bicyclic) bond motifs is 2. The highest BCUT2D eigenvalue weighted by molar-refractivity contribution is 7.90. The summed E-state index contributed by atoms with van der Waals surface area (Å²) < 4.78 is 37.8. The van der Waals surface area contributed by atoms with Crippen molar-refractivity contribution in [3.63, 3.8) is 0 Å². The van der Waals surface area contributed by atoms with E-state index < -0.39 is 15.7 Å². The third kappa shape index (κ3) is 4.54. The zero-order chi connectivity index (χ0) is 26.4. The fourth-order valence-electron chi connectivity index (χ4n) is 4.63. The fraction of sp³-hybridized carbons (Fsp3) is 0.143. The van der Waals surface area contributed by atoms with Crippen molar-refractivity contribution in [2.24, 2.45) is 0 Å². The molecule has 0 atom stereocenters. The summed E-state index contributed by atoms with van der Waals surface area (Å²) in [6, 6.07) is 12.4. The maximum atomic E-state index is 14.5. The summed E-state index contributed by atoms with van der Waals surface area (Å²) >= 11 is 0. The molecule has 8 nitrogen and oxygen atoms in total. The van der Waals surface area contributed by atoms with Gasteiger partial charge in [0, 0.05) is 41.4 Å². The summed E-state index contributed by atoms with van der Waals surface area (Å²) in [5.41, 5.74) is 8.43. The molecule has 0 unspecified atom stereocenters. The molecule has 10 heteroatoms. The number of aryl methyl sites for hydroxylation is 2. The predicted molar refractivity (Wildman–Crippen MR) is 146 cm³/mol. The topological polar surface area (TPSA) is 117 Å². The number of nitrogens with one attached hydrogen (secondary N) is 2. The summed E-state index contributed by atoms with van der Waals surface area (Å²) in [7, 11) is -3.17. The van der Waals surface area contributed by atoms with Crippen molar-refractivity contribution < 1.29 is 12.8 Å². The third-order valence-corrected chi connectivity index (χ3v) is 7.50. The fourth-order valence-corrected chi connectivity index (χ4v) is 5.24. The van der Waals surface area contributed by atoms with Gasteiger partial charge in [-0.3, -0.25) is 15.1 Å². The number of benzene rings is 1. The van der Waals surface area contributed by atoms with Crippen LogP contribution in [-0.4, -0.2) is 50.6 Å². The number of halogens is 1. The van der Waals surface area contributed by atoms with Crippen LogP contribution >= 0.6 is 0 Å². The molecule has 0 amide bonds. The minimum absolute atomic E-state index is 0.0492. The third-order valence-electron chi connectivity index (χ3n) is 6.55. The summed E-state index contributed by atoms with van der Waals surface area (Å²) in [6.07, 6.45) is 8.35. The summed E-state index contributed by atoms with van der Waals surface area (Å²) in [4.78, 5) is 16.9. The van der Waals surface area contributed by atoms with Crippen molar-refractivity contribution in [3.8, 4) is 33.8 Å². The molecule has 190 valence electrons. The Morgan fingerprint density at radius 3 is 2.61 bits per heavy atom. The molecular weight excluding hydrogens is 503 g/mol. The zero-order valence-corrected chi connectivity index (χ0v) is 21.5. The van der Waals surface area contributed by atoms with Gasteiger partial charge in [0.15, 0.2) is 0 Å². The van der Waals surface area contributed by atoms with Gasteiger partial charge >= 0.3 is 0 Å². The van der Waals surface area contributed by atoms with Crippen LogP contribution in [0.15, 0.2) is 67.3 Å². The molecule has 2 N–H and O–H groups in total. The van der Waals surface area contributed by atoms with Crippen LogP contribution in [0.25, 0.3) is 55.7 Å². The summed E-state index contributed by atoms with van der Waals surface area (Å²) in [5, 5.41) is 8.41. The van der Waals surface area contributed by atoms with Gasteiger partial charge in [0.05, 0.1) is 34.4 Å². The quantitative estimate of drug-likeness (QED) is 0.306. The number of pyridine rings is 3. The van der Waals surface area contributed by atoms with Crippen molar-refractivity contribution in [2.45, 2.75) is 13.3 Å². The van der Waals surface area contributed by atoms with E-state index in [1.807, 2.05) is 37.3 Å². The minimum Gasteiger partial charge on any atom is -0.352 e. The van der Waals surface area contributed by atoms with Crippen LogP contribution in [0.4, 0.5) is 4.39 Å². The van der Waals surface area contributed by atoms with Crippen molar-refractivity contribution in [1.29, 1.82) is 0 Å². The largest absolute Gasteiger partial charge is 0.352 e. The summed E-state index contributed by atoms with van der Waals surface area (Å²) in [6.45, 7) is 2.02. The second-order valence-electron chi connectivity index (χ2n) is 9.41. The number of hydrogen-bond acceptors (Lipinski definition) is 6. The van der Waals surface area contributed by atoms with Crippen LogP contribution in [0, 0.1) is 12.7 Å². The first-order chi connectivity index (χ1) is 18.2. The molecule has 6 aromatic rings. The molecule has 5 aromatic heterocycles. The number of aromatic nitrogens is 6. The first kappa shape index (κ1) is 23.9. The normalized spacial score (nSPS) is 12.0. The van der Waals surface area contributed by atoms with Crippen LogP contribution in [0.2, 0.25) is 0 Å². The van der Waals surface area contributed by atoms with E-state index in [2.05, 4.69) is 25.1 Å². The molecule has 38 heavy (non-hydrogen) atoms. The Balaban J connectivity index is 1.44. The maximum Gasteiger partial charge on any atom is 0.147 e. The van der Waals surface area contributed by atoms with E-state index in [1.165, 1.54) is 18.4 Å². The SMILES string of the molecule is Cc1ccncc1-c1ccc2[nH]nc(-c3cc4c(-c5cc(F)cc(CCS(C)(=O)=O)c5)cncc4[nH]3)c2n1. The molecule has 0 radical (unpaired) electrons. The molecule has 1 aromatic carbocycles. The Hall–Kier alpha value is -4.44. The van der Waals surface area contributed by atoms with Gasteiger partial charge in [-0.2, -0.15) is 5.10 Å². The van der Waals surface area contributed by atoms with Crippen LogP contribution < -0.4 is 0 Å². The van der Waals surface area contributed by atoms with Gasteiger partial charge in [-0.1, -0.05) is 6.07 Å². The van der Waals surface area contributed by atoms with Crippen molar-refractivity contribution in [2.75, 3.05) is 12.0 Å². The zero-order valence-electron chi connectivity index (χ0n) is 20.7. The van der Waals surface area contributed by atoms with Gasteiger partial charge < -0.3 is 4.98 Å². The second-order valence-corrected chi connectivity index (χ2v) is 11.7. The molecule has 6 rings (SSSR count). The maximum absolute atomic E-state index is 14.5. The summed E-state index contributed by atoms with van der Waals surface area (Å²) in [5.74, 6) is -0.480. The second kappa shape index (κ2) is 9.14. The van der Waals surface area contributed by atoms with Crippen LogP contribution in [0.3, 0.4) is 0 Å². The van der Waals surface area contributed by atoms with Gasteiger partial charge in [0.1, 0.15) is 26.9 Å². The van der Waals surface area contributed by atoms with E-state index in [9.17, 15) is 12.8 Å². The van der Waals surface area contributed by atoms with Crippen LogP contribution in [0.5, 0.6) is 0 Å². The number of hydrogen-bond donors (Lipinski definition) is 2. The molecule has 0 bridgehead atoms. The lowest BCUT2D eigenvalue weighted by atomic mass is 10.0. The highest BCUT2D eigenvalue weighted by Crippen LogP contribution is 2.34. The predicted octanol–water partition coefficient (Wildman–Crippen LogP) is 5.26. The van der Waals surface area contributed by atoms with E-state index in [-0.39, 0.29) is 12.2 Å². The Morgan fingerprint density at radius 2 is 1.79 bits per heavy atom. The van der Waals surface area contributed by atoms with Gasteiger partial charge in [-0.15, -0.1) is 0 Å². The van der Waals surface area contributed by atoms with Crippen LogP contribution in [-0.2, 0) is 16.3 Å². The van der Waals surface area contributed by atoms with Crippen molar-refractivity contribution in [3.05, 3.63) is 84.2 Å². The molecule has 0 aliphatic rings. The first-order valence-electron chi connectivity index (χ1n) is 12.0. The standard InChI is InChI=1S/C28H23FN6O2S/c1-16-5-7-30-13-21(16)23-3-4-24-27(33-23)28(35-34-24)25-12-20-22(14-31-15-26(20)32-25)18-9-17(10-19(29)11-18)6-8-38(2,36)37/h3-5,7,9-15,32H,6,8H2,1-2H3,(H,34,35). The first-order valence-corrected chi connectivity index (χ1v) is 14.0. The molecule has 0 aliphatic heterocycles. The van der Waals surface area contributed by atoms with E-state index >= 15 is 0 Å². The monoisotopic (exact) mass is 526 g/mol. The van der Waals surface area contributed by atoms with E-state index in [0.29, 0.717) is 22.3 Å². The van der Waals surface area contributed by atoms with Gasteiger partial charge in [0.2, 0.25) is 0 Å². The molecule has 0 spiro atoms. The average Bonchev–Trinajstić information content (AvgIpc) is 3.50. The molecule has 5 heterocycles. The molecular formula is C28H23FN6O2S. The lowest BCUT2D eigenvalue weighted by molar-refractivity contribution is 0.600. The number of aromatic amines is 2. The Kier molecular flexibility index (Phi) is 5.76. The Morgan fingerprint density at radius 1 is 0.947 bits per heavy atom. The lowest BCUT2D eigenvalue weighted by Crippen LogP contribution is -2.06. The van der Waals surface area contributed by atoms with Crippen molar-refractivity contribution >= 4 is 31.8 Å². The van der Waals surface area contributed by atoms with Crippen LogP contribution in [0.1, 0.15) is 11.1 Å². The Bertz CT molecular complexity index is 1940.